The van der Waals surface area contributed by atoms with Crippen LogP contribution in [0.3, 0.4) is 0 Å². The maximum Gasteiger partial charge on any atom is 0.230 e. The van der Waals surface area contributed by atoms with Crippen LogP contribution in [0, 0.1) is 0 Å². The number of aromatic nitrogens is 2. The van der Waals surface area contributed by atoms with E-state index in [1.54, 1.807) is 17.9 Å². The maximum atomic E-state index is 11.6. The predicted molar refractivity (Wildman–Crippen MR) is 57.7 cm³/mol. The first-order valence-electron chi connectivity index (χ1n) is 4.71. The summed E-state index contributed by atoms with van der Waals surface area (Å²) in [6, 6.07) is 0. The van der Waals surface area contributed by atoms with Crippen LogP contribution in [0.5, 0.6) is 0 Å². The van der Waals surface area contributed by atoms with Crippen molar-refractivity contribution in [3.05, 3.63) is 18.0 Å². The van der Waals surface area contributed by atoms with Crippen molar-refractivity contribution in [2.24, 2.45) is 17.9 Å². The highest BCUT2D eigenvalue weighted by Gasteiger charge is 2.11. The molecule has 1 heterocycles. The van der Waals surface area contributed by atoms with Gasteiger partial charge in [-0.2, -0.15) is 5.10 Å². The van der Waals surface area contributed by atoms with Crippen molar-refractivity contribution >= 4 is 11.7 Å². The van der Waals surface area contributed by atoms with Crippen LogP contribution >= 0.6 is 0 Å². The summed E-state index contributed by atoms with van der Waals surface area (Å²) >= 11 is 0. The lowest BCUT2D eigenvalue weighted by atomic mass is 10.3. The first kappa shape index (κ1) is 12.0. The molecule has 7 heteroatoms. The van der Waals surface area contributed by atoms with Crippen molar-refractivity contribution in [2.75, 3.05) is 7.05 Å². The van der Waals surface area contributed by atoms with E-state index in [2.05, 4.69) is 10.3 Å². The number of nitrogens with two attached hydrogens (primary N) is 1. The minimum Gasteiger partial charge on any atom is -0.409 e. The van der Waals surface area contributed by atoms with Gasteiger partial charge in [0.1, 0.15) is 5.84 Å². The molecule has 16 heavy (non-hydrogen) atoms. The van der Waals surface area contributed by atoms with Gasteiger partial charge < -0.3 is 15.8 Å². The summed E-state index contributed by atoms with van der Waals surface area (Å²) in [4.78, 5) is 13.0. The molecule has 0 saturated carbocycles. The van der Waals surface area contributed by atoms with E-state index in [4.69, 9.17) is 10.9 Å². The minimum atomic E-state index is -0.209. The number of hydrogen-bond donors (Lipinski definition) is 2. The van der Waals surface area contributed by atoms with Gasteiger partial charge in [-0.15, -0.1) is 0 Å². The van der Waals surface area contributed by atoms with Gasteiger partial charge in [0.25, 0.3) is 0 Å². The third-order valence-electron chi connectivity index (χ3n) is 2.06. The van der Waals surface area contributed by atoms with Gasteiger partial charge in [-0.05, 0) is 0 Å². The lowest BCUT2D eigenvalue weighted by Crippen LogP contribution is -2.30. The van der Waals surface area contributed by atoms with Gasteiger partial charge in [-0.25, -0.2) is 0 Å². The highest BCUT2D eigenvalue weighted by molar-refractivity contribution is 5.98. The molecule has 0 aromatic carbocycles. The molecule has 88 valence electrons. The zero-order chi connectivity index (χ0) is 12.1. The van der Waals surface area contributed by atoms with Crippen LogP contribution in [0.25, 0.3) is 0 Å². The van der Waals surface area contributed by atoms with Crippen molar-refractivity contribution in [3.63, 3.8) is 0 Å². The molecule has 0 atom stereocenters. The monoisotopic (exact) mass is 225 g/mol. The molecule has 0 unspecified atom stereocenters. The highest BCUT2D eigenvalue weighted by atomic mass is 16.4. The van der Waals surface area contributed by atoms with Crippen molar-refractivity contribution in [1.29, 1.82) is 0 Å². The van der Waals surface area contributed by atoms with Crippen molar-refractivity contribution in [3.8, 4) is 0 Å². The Kier molecular flexibility index (Phi) is 3.87. The van der Waals surface area contributed by atoms with Gasteiger partial charge >= 0.3 is 0 Å². The summed E-state index contributed by atoms with van der Waals surface area (Å²) in [7, 11) is 3.46. The molecule has 0 aliphatic rings. The number of amidine groups is 1. The van der Waals surface area contributed by atoms with E-state index in [-0.39, 0.29) is 18.2 Å². The molecule has 1 aromatic heterocycles. The number of carbonyl (C=O) groups is 1. The summed E-state index contributed by atoms with van der Waals surface area (Å²) in [5.41, 5.74) is 6.17. The topological polar surface area (TPSA) is 96.7 Å². The second kappa shape index (κ2) is 5.15. The normalized spacial score (nSPS) is 11.5. The summed E-state index contributed by atoms with van der Waals surface area (Å²) in [6.07, 6.45) is 3.42. The van der Waals surface area contributed by atoms with E-state index in [9.17, 15) is 4.79 Å². The molecule has 0 aliphatic heterocycles. The third-order valence-corrected chi connectivity index (χ3v) is 2.06. The minimum absolute atomic E-state index is 0.0900. The molecule has 7 nitrogen and oxygen atoms in total. The number of aryl methyl sites for hydroxylation is 1. The fraction of sp³-hybridized carbons (Fsp3) is 0.444. The molecule has 1 aromatic rings. The Balaban J connectivity index is 2.52. The number of amides is 1. The molecule has 0 bridgehead atoms. The molecule has 3 N–H and O–H groups in total. The molecule has 1 rings (SSSR count). The Morgan fingerprint density at radius 3 is 2.94 bits per heavy atom. The van der Waals surface area contributed by atoms with Crippen LogP contribution in [-0.2, 0) is 18.4 Å². The molecule has 0 spiro atoms. The number of carbonyl (C=O) groups excluding carboxylic acids is 1. The van der Waals surface area contributed by atoms with Gasteiger partial charge in [0.2, 0.25) is 5.91 Å². The number of nitrogens with zero attached hydrogens (tertiary/aromatic N) is 4. The summed E-state index contributed by atoms with van der Waals surface area (Å²) < 4.78 is 1.66. The van der Waals surface area contributed by atoms with E-state index in [1.807, 2.05) is 13.2 Å². The van der Waals surface area contributed by atoms with Gasteiger partial charge in [0.15, 0.2) is 0 Å². The zero-order valence-corrected chi connectivity index (χ0v) is 9.29. The standard InChI is InChI=1S/C9H15N5O2/c1-13(9(15)3-8(10)12-16)5-7-4-11-14(2)6-7/h4,6,16H,3,5H2,1-2H3,(H2,10,12). The van der Waals surface area contributed by atoms with Gasteiger partial charge in [-0.3, -0.25) is 9.48 Å². The molecular formula is C9H15N5O2. The predicted octanol–water partition coefficient (Wildman–Crippen LogP) is -0.485. The van der Waals surface area contributed by atoms with Crippen molar-refractivity contribution in [2.45, 2.75) is 13.0 Å². The van der Waals surface area contributed by atoms with Crippen LogP contribution in [0.4, 0.5) is 0 Å². The first-order valence-corrected chi connectivity index (χ1v) is 4.71. The Hall–Kier alpha value is -2.05. The van der Waals surface area contributed by atoms with Crippen LogP contribution in [0.1, 0.15) is 12.0 Å². The van der Waals surface area contributed by atoms with E-state index >= 15 is 0 Å². The van der Waals surface area contributed by atoms with Crippen LogP contribution < -0.4 is 5.73 Å². The summed E-state index contributed by atoms with van der Waals surface area (Å²) in [5.74, 6) is -0.304. The summed E-state index contributed by atoms with van der Waals surface area (Å²) in [5, 5.41) is 15.1. The SMILES string of the molecule is CN(Cc1cnn(C)c1)C(=O)CC(N)=NO. The summed E-state index contributed by atoms with van der Waals surface area (Å²) in [6.45, 7) is 0.450. The molecule has 0 aliphatic carbocycles. The Bertz CT molecular complexity index is 398. The fourth-order valence-electron chi connectivity index (χ4n) is 1.24. The second-order valence-electron chi connectivity index (χ2n) is 3.54. The fourth-order valence-corrected chi connectivity index (χ4v) is 1.24. The molecular weight excluding hydrogens is 210 g/mol. The smallest absolute Gasteiger partial charge is 0.230 e. The molecule has 0 saturated heterocycles. The van der Waals surface area contributed by atoms with Gasteiger partial charge in [0.05, 0.1) is 12.6 Å². The van der Waals surface area contributed by atoms with Crippen LogP contribution in [-0.4, -0.2) is 38.7 Å². The zero-order valence-electron chi connectivity index (χ0n) is 9.29. The Morgan fingerprint density at radius 1 is 1.75 bits per heavy atom. The van der Waals surface area contributed by atoms with Crippen molar-refractivity contribution < 1.29 is 10.0 Å². The van der Waals surface area contributed by atoms with E-state index in [1.165, 1.54) is 4.90 Å². The lowest BCUT2D eigenvalue weighted by molar-refractivity contribution is -0.129. The average Bonchev–Trinajstić information content (AvgIpc) is 2.63. The molecule has 0 radical (unpaired) electrons. The molecule has 0 fully saturated rings. The van der Waals surface area contributed by atoms with E-state index in [0.717, 1.165) is 5.56 Å². The Morgan fingerprint density at radius 2 is 2.44 bits per heavy atom. The third kappa shape index (κ3) is 3.26. The largest absolute Gasteiger partial charge is 0.409 e. The van der Waals surface area contributed by atoms with E-state index < -0.39 is 0 Å². The number of hydrogen-bond acceptors (Lipinski definition) is 4. The lowest BCUT2D eigenvalue weighted by Gasteiger charge is -2.15. The van der Waals surface area contributed by atoms with Gasteiger partial charge in [0, 0.05) is 32.4 Å². The maximum absolute atomic E-state index is 11.6. The van der Waals surface area contributed by atoms with Crippen molar-refractivity contribution in [1.82, 2.24) is 14.7 Å². The molecule has 1 amide bonds. The quantitative estimate of drug-likeness (QED) is 0.313. The Labute approximate surface area is 93.1 Å². The second-order valence-corrected chi connectivity index (χ2v) is 3.54. The average molecular weight is 225 g/mol. The first-order chi connectivity index (χ1) is 7.52. The number of rotatable bonds is 4. The van der Waals surface area contributed by atoms with Gasteiger partial charge in [-0.1, -0.05) is 5.16 Å². The van der Waals surface area contributed by atoms with Crippen LogP contribution in [0.15, 0.2) is 17.5 Å². The highest BCUT2D eigenvalue weighted by Crippen LogP contribution is 2.02. The number of oxime groups is 1. The van der Waals surface area contributed by atoms with E-state index in [0.29, 0.717) is 6.54 Å². The van der Waals surface area contributed by atoms with Crippen LogP contribution in [0.2, 0.25) is 0 Å².